The second kappa shape index (κ2) is 4.18. The molecule has 5 heteroatoms. The van der Waals surface area contributed by atoms with Crippen molar-refractivity contribution in [2.45, 2.75) is 19.5 Å². The summed E-state index contributed by atoms with van der Waals surface area (Å²) in [5, 5.41) is 3.84. The van der Waals surface area contributed by atoms with E-state index < -0.39 is 0 Å². The predicted molar refractivity (Wildman–Crippen MR) is 74.7 cm³/mol. The molecule has 0 radical (unpaired) electrons. The molecule has 0 unspecified atom stereocenters. The molecule has 0 bridgehead atoms. The first-order chi connectivity index (χ1) is 9.33. The number of nitrogens with one attached hydrogen (secondary N) is 1. The van der Waals surface area contributed by atoms with Gasteiger partial charge in [-0.05, 0) is 18.1 Å². The molecule has 4 rings (SSSR count). The van der Waals surface area contributed by atoms with E-state index in [0.717, 1.165) is 43.3 Å². The zero-order valence-electron chi connectivity index (χ0n) is 10.4. The van der Waals surface area contributed by atoms with E-state index in [1.54, 1.807) is 0 Å². The quantitative estimate of drug-likeness (QED) is 0.810. The molecule has 0 fully saturated rings. The van der Waals surface area contributed by atoms with Crippen molar-refractivity contribution in [3.05, 3.63) is 46.2 Å². The summed E-state index contributed by atoms with van der Waals surface area (Å²) in [6.07, 6.45) is 1.03. The monoisotopic (exact) mass is 272 g/mol. The molecule has 0 saturated carbocycles. The summed E-state index contributed by atoms with van der Waals surface area (Å²) >= 11 is 6.26. The highest BCUT2D eigenvalue weighted by Gasteiger charge is 2.25. The van der Waals surface area contributed by atoms with Crippen molar-refractivity contribution in [1.82, 2.24) is 15.3 Å². The second-order valence-electron chi connectivity index (χ2n) is 4.87. The van der Waals surface area contributed by atoms with Crippen LogP contribution in [0.2, 0.25) is 5.15 Å². The molecule has 4 nitrogen and oxygen atoms in total. The molecule has 0 atom stereocenters. The highest BCUT2D eigenvalue weighted by molar-refractivity contribution is 6.30. The number of hydrogen-bond donors (Lipinski definition) is 1. The number of benzene rings is 1. The number of fused-ring (bicyclic) bond motifs is 2. The van der Waals surface area contributed by atoms with Crippen molar-refractivity contribution in [3.63, 3.8) is 0 Å². The molecule has 0 saturated heterocycles. The molecule has 0 aliphatic carbocycles. The molecule has 3 heterocycles. The van der Waals surface area contributed by atoms with Gasteiger partial charge in [0.05, 0.1) is 5.69 Å². The minimum atomic E-state index is 0.578. The van der Waals surface area contributed by atoms with Crippen LogP contribution in [0.5, 0.6) is 0 Å². The summed E-state index contributed by atoms with van der Waals surface area (Å²) in [5.41, 5.74) is 4.61. The normalized spacial score (nSPS) is 16.6. The van der Waals surface area contributed by atoms with E-state index in [2.05, 4.69) is 38.4 Å². The maximum atomic E-state index is 6.26. The molecule has 2 aliphatic heterocycles. The molecule has 2 aromatic rings. The lowest BCUT2D eigenvalue weighted by Crippen LogP contribution is -2.17. The van der Waals surface area contributed by atoms with Gasteiger partial charge in [-0.15, -0.1) is 0 Å². The minimum absolute atomic E-state index is 0.578. The predicted octanol–water partition coefficient (Wildman–Crippen LogP) is 2.43. The molecule has 19 heavy (non-hydrogen) atoms. The Morgan fingerprint density at radius 1 is 1.16 bits per heavy atom. The van der Waals surface area contributed by atoms with Crippen molar-refractivity contribution in [1.29, 1.82) is 0 Å². The van der Waals surface area contributed by atoms with E-state index in [-0.39, 0.29) is 0 Å². The van der Waals surface area contributed by atoms with Crippen molar-refractivity contribution >= 4 is 23.2 Å². The first-order valence-corrected chi connectivity index (χ1v) is 6.82. The SMILES string of the molecule is Clc1nc(N2CCc3ccccc32)nc2c1CNC2. The molecule has 1 aromatic carbocycles. The Hall–Kier alpha value is -1.65. The average Bonchev–Trinajstić information content (AvgIpc) is 3.04. The first-order valence-electron chi connectivity index (χ1n) is 6.44. The van der Waals surface area contributed by atoms with Crippen molar-refractivity contribution in [2.75, 3.05) is 11.4 Å². The van der Waals surface area contributed by atoms with Gasteiger partial charge in [-0.1, -0.05) is 29.8 Å². The van der Waals surface area contributed by atoms with E-state index >= 15 is 0 Å². The van der Waals surface area contributed by atoms with Gasteiger partial charge in [0.1, 0.15) is 5.15 Å². The second-order valence-corrected chi connectivity index (χ2v) is 5.23. The molecule has 0 spiro atoms. The first kappa shape index (κ1) is 11.2. The van der Waals surface area contributed by atoms with Gasteiger partial charge in [0.25, 0.3) is 0 Å². The summed E-state index contributed by atoms with van der Waals surface area (Å²) in [6.45, 7) is 2.47. The van der Waals surface area contributed by atoms with Crippen LogP contribution in [0.15, 0.2) is 24.3 Å². The maximum Gasteiger partial charge on any atom is 0.231 e. The number of aromatic nitrogens is 2. The smallest absolute Gasteiger partial charge is 0.231 e. The molecular formula is C14H13ClN4. The van der Waals surface area contributed by atoms with E-state index in [4.69, 9.17) is 11.6 Å². The number of para-hydroxylation sites is 1. The fourth-order valence-electron chi connectivity index (χ4n) is 2.78. The van der Waals surface area contributed by atoms with Gasteiger partial charge in [-0.2, -0.15) is 0 Å². The standard InChI is InChI=1S/C14H13ClN4/c15-13-10-7-16-8-11(10)17-14(18-13)19-6-5-9-3-1-2-4-12(9)19/h1-4,16H,5-8H2. The minimum Gasteiger partial charge on any atom is -0.310 e. The van der Waals surface area contributed by atoms with Crippen LogP contribution in [0, 0.1) is 0 Å². The van der Waals surface area contributed by atoms with Crippen LogP contribution in [-0.2, 0) is 19.5 Å². The van der Waals surface area contributed by atoms with Gasteiger partial charge in [-0.25, -0.2) is 9.97 Å². The van der Waals surface area contributed by atoms with Gasteiger partial charge in [0.15, 0.2) is 0 Å². The Balaban J connectivity index is 1.81. The Kier molecular flexibility index (Phi) is 2.47. The zero-order valence-corrected chi connectivity index (χ0v) is 11.1. The van der Waals surface area contributed by atoms with Crippen LogP contribution in [-0.4, -0.2) is 16.5 Å². The average molecular weight is 273 g/mol. The number of hydrogen-bond acceptors (Lipinski definition) is 4. The topological polar surface area (TPSA) is 41.1 Å². The molecule has 2 aliphatic rings. The van der Waals surface area contributed by atoms with Crippen molar-refractivity contribution in [3.8, 4) is 0 Å². The molecule has 96 valence electrons. The molecule has 1 N–H and O–H groups in total. The van der Waals surface area contributed by atoms with E-state index in [1.165, 1.54) is 11.3 Å². The van der Waals surface area contributed by atoms with E-state index in [1.807, 2.05) is 6.07 Å². The van der Waals surface area contributed by atoms with Crippen LogP contribution in [0.1, 0.15) is 16.8 Å². The third kappa shape index (κ3) is 1.71. The number of rotatable bonds is 1. The number of nitrogens with zero attached hydrogens (tertiary/aromatic N) is 3. The van der Waals surface area contributed by atoms with Gasteiger partial charge in [0, 0.05) is 30.9 Å². The lowest BCUT2D eigenvalue weighted by atomic mass is 10.2. The summed E-state index contributed by atoms with van der Waals surface area (Å²) in [4.78, 5) is 11.3. The van der Waals surface area contributed by atoms with Crippen molar-refractivity contribution < 1.29 is 0 Å². The summed E-state index contributed by atoms with van der Waals surface area (Å²) in [7, 11) is 0. The van der Waals surface area contributed by atoms with Gasteiger partial charge in [-0.3, -0.25) is 0 Å². The summed E-state index contributed by atoms with van der Waals surface area (Å²) in [5.74, 6) is 0.720. The number of halogens is 1. The maximum absolute atomic E-state index is 6.26. The van der Waals surface area contributed by atoms with Gasteiger partial charge in [0.2, 0.25) is 5.95 Å². The van der Waals surface area contributed by atoms with Crippen LogP contribution >= 0.6 is 11.6 Å². The van der Waals surface area contributed by atoms with Gasteiger partial charge < -0.3 is 10.2 Å². The van der Waals surface area contributed by atoms with Crippen molar-refractivity contribution in [2.24, 2.45) is 0 Å². The lowest BCUT2D eigenvalue weighted by Gasteiger charge is -2.18. The fraction of sp³-hybridized carbons (Fsp3) is 0.286. The van der Waals surface area contributed by atoms with E-state index in [9.17, 15) is 0 Å². The molecular weight excluding hydrogens is 260 g/mol. The van der Waals surface area contributed by atoms with E-state index in [0.29, 0.717) is 5.15 Å². The Bertz CT molecular complexity index is 656. The van der Waals surface area contributed by atoms with Crippen LogP contribution in [0.25, 0.3) is 0 Å². The Morgan fingerprint density at radius 2 is 2.05 bits per heavy atom. The van der Waals surface area contributed by atoms with Crippen LogP contribution in [0.3, 0.4) is 0 Å². The molecule has 0 amide bonds. The van der Waals surface area contributed by atoms with Crippen LogP contribution < -0.4 is 10.2 Å². The summed E-state index contributed by atoms with van der Waals surface area (Å²) in [6, 6.07) is 8.40. The summed E-state index contributed by atoms with van der Waals surface area (Å²) < 4.78 is 0. The molecule has 1 aromatic heterocycles. The highest BCUT2D eigenvalue weighted by Crippen LogP contribution is 2.34. The van der Waals surface area contributed by atoms with Gasteiger partial charge >= 0.3 is 0 Å². The Labute approximate surface area is 116 Å². The highest BCUT2D eigenvalue weighted by atomic mass is 35.5. The fourth-order valence-corrected chi connectivity index (χ4v) is 3.03. The Morgan fingerprint density at radius 3 is 3.00 bits per heavy atom. The zero-order chi connectivity index (χ0) is 12.8. The largest absolute Gasteiger partial charge is 0.310 e. The third-order valence-electron chi connectivity index (χ3n) is 3.75. The third-order valence-corrected chi connectivity index (χ3v) is 4.07. The lowest BCUT2D eigenvalue weighted by molar-refractivity contribution is 0.757. The number of anilines is 2. The van der Waals surface area contributed by atoms with Crippen LogP contribution in [0.4, 0.5) is 11.6 Å².